The first-order valence-electron chi connectivity index (χ1n) is 11.1. The second kappa shape index (κ2) is 7.85. The maximum Gasteiger partial charge on any atom is 0.226 e. The second-order valence-corrected chi connectivity index (χ2v) is 9.53. The fourth-order valence-electron chi connectivity index (χ4n) is 6.17. The number of rotatable bonds is 7. The maximum absolute atomic E-state index is 13.0. The molecule has 4 saturated carbocycles. The largest absolute Gasteiger partial charge is 0.367 e. The van der Waals surface area contributed by atoms with E-state index in [1.807, 2.05) is 31.2 Å². The van der Waals surface area contributed by atoms with E-state index < -0.39 is 0 Å². The highest BCUT2D eigenvalue weighted by Crippen LogP contribution is 2.60. The van der Waals surface area contributed by atoms with Gasteiger partial charge in [0.05, 0.1) is 0 Å². The smallest absolute Gasteiger partial charge is 0.226 e. The molecule has 4 aliphatic carbocycles. The molecule has 30 heavy (non-hydrogen) atoms. The van der Waals surface area contributed by atoms with Crippen LogP contribution in [0.4, 0.5) is 17.5 Å². The van der Waals surface area contributed by atoms with Crippen LogP contribution in [0.1, 0.15) is 44.1 Å². The molecule has 4 fully saturated rings. The van der Waals surface area contributed by atoms with E-state index in [2.05, 4.69) is 31.1 Å². The lowest BCUT2D eigenvalue weighted by molar-refractivity contribution is -0.146. The third kappa shape index (κ3) is 3.98. The molecule has 2 heterocycles. The van der Waals surface area contributed by atoms with Crippen molar-refractivity contribution >= 4 is 23.4 Å². The normalized spacial score (nSPS) is 28.9. The number of hydrogen-bond donors (Lipinski definition) is 3. The minimum absolute atomic E-state index is 0.0777. The molecular weight excluding hydrogens is 376 g/mol. The summed E-state index contributed by atoms with van der Waals surface area (Å²) in [4.78, 5) is 17.2. The summed E-state index contributed by atoms with van der Waals surface area (Å²) >= 11 is 0. The molecule has 0 aliphatic heterocycles. The van der Waals surface area contributed by atoms with Gasteiger partial charge in [0.15, 0.2) is 5.82 Å². The fourth-order valence-corrected chi connectivity index (χ4v) is 6.17. The van der Waals surface area contributed by atoms with Crippen molar-refractivity contribution in [2.24, 2.45) is 23.2 Å². The van der Waals surface area contributed by atoms with E-state index in [1.165, 1.54) is 19.3 Å². The van der Waals surface area contributed by atoms with Gasteiger partial charge >= 0.3 is 0 Å². The molecule has 3 N–H and O–H groups in total. The molecule has 4 aliphatic rings. The number of pyridine rings is 1. The molecule has 6 rings (SSSR count). The minimum atomic E-state index is -0.0777. The number of amides is 1. The first-order chi connectivity index (χ1) is 14.6. The summed E-state index contributed by atoms with van der Waals surface area (Å²) in [5, 5.41) is 18.0. The number of nitrogens with one attached hydrogen (secondary N) is 3. The minimum Gasteiger partial charge on any atom is -0.367 e. The summed E-state index contributed by atoms with van der Waals surface area (Å²) in [5.74, 6) is 4.74. The third-order valence-corrected chi connectivity index (χ3v) is 7.07. The number of aryl methyl sites for hydroxylation is 1. The highest BCUT2D eigenvalue weighted by Gasteiger charge is 2.54. The molecule has 7 heteroatoms. The average Bonchev–Trinajstić information content (AvgIpc) is 2.71. The van der Waals surface area contributed by atoms with Crippen LogP contribution >= 0.6 is 0 Å². The van der Waals surface area contributed by atoms with Crippen molar-refractivity contribution in [3.63, 3.8) is 0 Å². The number of carbonyl (C=O) groups is 1. The lowest BCUT2D eigenvalue weighted by Gasteiger charge is -2.55. The van der Waals surface area contributed by atoms with Crippen molar-refractivity contribution in [3.05, 3.63) is 36.0 Å². The molecule has 158 valence electrons. The maximum atomic E-state index is 13.0. The van der Waals surface area contributed by atoms with Gasteiger partial charge < -0.3 is 16.0 Å². The number of anilines is 3. The van der Waals surface area contributed by atoms with E-state index in [9.17, 15) is 4.79 Å². The summed E-state index contributed by atoms with van der Waals surface area (Å²) in [5.41, 5.74) is 1.06. The molecular formula is C23H30N6O. The van der Waals surface area contributed by atoms with Crippen LogP contribution in [0.5, 0.6) is 0 Å². The van der Waals surface area contributed by atoms with Crippen molar-refractivity contribution in [1.29, 1.82) is 0 Å². The Morgan fingerprint density at radius 2 is 1.63 bits per heavy atom. The van der Waals surface area contributed by atoms with Crippen LogP contribution in [-0.2, 0) is 4.79 Å². The number of aromatic nitrogens is 3. The Balaban J connectivity index is 1.08. The van der Waals surface area contributed by atoms with Gasteiger partial charge in [-0.25, -0.2) is 4.98 Å². The molecule has 4 bridgehead atoms. The zero-order valence-corrected chi connectivity index (χ0v) is 17.5. The molecule has 0 unspecified atom stereocenters. The topological polar surface area (TPSA) is 91.8 Å². The monoisotopic (exact) mass is 406 g/mol. The molecule has 0 saturated heterocycles. The van der Waals surface area contributed by atoms with Crippen molar-refractivity contribution in [3.8, 4) is 0 Å². The fraction of sp³-hybridized carbons (Fsp3) is 0.565. The Kier molecular flexibility index (Phi) is 5.05. The van der Waals surface area contributed by atoms with Crippen molar-refractivity contribution in [2.75, 3.05) is 23.7 Å². The average molecular weight is 407 g/mol. The summed E-state index contributed by atoms with van der Waals surface area (Å²) in [6, 6.07) is 7.66. The molecule has 2 aromatic heterocycles. The van der Waals surface area contributed by atoms with E-state index in [4.69, 9.17) is 0 Å². The standard InChI is InChI=1S/C23H30N6O/c1-15-4-5-24-21(8-15)27-20-3-2-19(28-29-20)25-6-7-26-22(30)23-12-16-9-17(13-23)11-18(10-16)14-23/h2-5,8,16-18H,6-7,9-14H2,1H3,(H,25,28)(H,26,30)(H,24,27,29). The summed E-state index contributed by atoms with van der Waals surface area (Å²) < 4.78 is 0. The highest BCUT2D eigenvalue weighted by atomic mass is 16.2. The highest BCUT2D eigenvalue weighted by molar-refractivity contribution is 5.83. The Hall–Kier alpha value is -2.70. The lowest BCUT2D eigenvalue weighted by Crippen LogP contribution is -2.54. The predicted molar refractivity (Wildman–Crippen MR) is 116 cm³/mol. The number of carbonyl (C=O) groups excluding carboxylic acids is 1. The zero-order chi connectivity index (χ0) is 20.6. The lowest BCUT2D eigenvalue weighted by atomic mass is 9.49. The van der Waals surface area contributed by atoms with Crippen LogP contribution in [0, 0.1) is 30.1 Å². The first kappa shape index (κ1) is 19.3. The van der Waals surface area contributed by atoms with Crippen LogP contribution in [0.15, 0.2) is 30.5 Å². The van der Waals surface area contributed by atoms with E-state index in [0.717, 1.165) is 48.4 Å². The third-order valence-electron chi connectivity index (χ3n) is 7.07. The molecule has 7 nitrogen and oxygen atoms in total. The van der Waals surface area contributed by atoms with Gasteiger partial charge in [-0.15, -0.1) is 10.2 Å². The van der Waals surface area contributed by atoms with Crippen LogP contribution in [0.25, 0.3) is 0 Å². The van der Waals surface area contributed by atoms with Crippen LogP contribution in [-0.4, -0.2) is 34.2 Å². The van der Waals surface area contributed by atoms with Crippen LogP contribution in [0.3, 0.4) is 0 Å². The van der Waals surface area contributed by atoms with Gasteiger partial charge in [0, 0.05) is 24.7 Å². The number of hydrogen-bond acceptors (Lipinski definition) is 6. The van der Waals surface area contributed by atoms with Crippen LogP contribution < -0.4 is 16.0 Å². The van der Waals surface area contributed by atoms with E-state index in [1.54, 1.807) is 6.20 Å². The van der Waals surface area contributed by atoms with Gasteiger partial charge in [-0.05, 0) is 93.0 Å². The Morgan fingerprint density at radius 3 is 2.27 bits per heavy atom. The van der Waals surface area contributed by atoms with Crippen molar-refractivity contribution in [2.45, 2.75) is 45.4 Å². The van der Waals surface area contributed by atoms with Gasteiger partial charge in [-0.2, -0.15) is 0 Å². The summed E-state index contributed by atoms with van der Waals surface area (Å²) in [7, 11) is 0. The molecule has 0 radical (unpaired) electrons. The van der Waals surface area contributed by atoms with Crippen LogP contribution in [0.2, 0.25) is 0 Å². The molecule has 1 amide bonds. The van der Waals surface area contributed by atoms with E-state index in [-0.39, 0.29) is 11.3 Å². The molecule has 0 aromatic carbocycles. The summed E-state index contributed by atoms with van der Waals surface area (Å²) in [6.07, 6.45) is 9.15. The summed E-state index contributed by atoms with van der Waals surface area (Å²) in [6.45, 7) is 3.27. The number of nitrogens with zero attached hydrogens (tertiary/aromatic N) is 3. The van der Waals surface area contributed by atoms with Gasteiger partial charge in [-0.1, -0.05) is 0 Å². The first-order valence-corrected chi connectivity index (χ1v) is 11.1. The van der Waals surface area contributed by atoms with E-state index in [0.29, 0.717) is 24.7 Å². The Morgan fingerprint density at radius 1 is 0.967 bits per heavy atom. The van der Waals surface area contributed by atoms with Crippen molar-refractivity contribution in [1.82, 2.24) is 20.5 Å². The Bertz CT molecular complexity index is 877. The molecule has 0 spiro atoms. The Labute approximate surface area is 177 Å². The van der Waals surface area contributed by atoms with Crippen molar-refractivity contribution < 1.29 is 4.79 Å². The second-order valence-electron chi connectivity index (χ2n) is 9.53. The van der Waals surface area contributed by atoms with Gasteiger partial charge in [-0.3, -0.25) is 4.79 Å². The molecule has 2 aromatic rings. The quantitative estimate of drug-likeness (QED) is 0.608. The van der Waals surface area contributed by atoms with Gasteiger partial charge in [0.2, 0.25) is 5.91 Å². The van der Waals surface area contributed by atoms with E-state index >= 15 is 0 Å². The zero-order valence-electron chi connectivity index (χ0n) is 17.5. The SMILES string of the molecule is Cc1ccnc(Nc2ccc(NCCNC(=O)C34CC5CC(CC(C5)C3)C4)nn2)c1. The van der Waals surface area contributed by atoms with Gasteiger partial charge in [0.25, 0.3) is 0 Å². The predicted octanol–water partition coefficient (Wildman–Crippen LogP) is 3.67. The molecule has 0 atom stereocenters. The van der Waals surface area contributed by atoms with Gasteiger partial charge in [0.1, 0.15) is 11.6 Å².